The van der Waals surface area contributed by atoms with Crippen molar-refractivity contribution in [1.29, 1.82) is 0 Å². The van der Waals surface area contributed by atoms with Gasteiger partial charge in [0.05, 0.1) is 24.2 Å². The van der Waals surface area contributed by atoms with E-state index in [1.54, 1.807) is 6.20 Å². The fraction of sp³-hybridized carbons (Fsp3) is 0.231. The maximum absolute atomic E-state index is 11.2. The Balaban J connectivity index is 1.93. The number of aromatic nitrogens is 2. The summed E-state index contributed by atoms with van der Waals surface area (Å²) >= 11 is 0. The number of H-pyrrole nitrogens is 1. The summed E-state index contributed by atoms with van der Waals surface area (Å²) < 4.78 is 5.71. The Bertz CT molecular complexity index is 588. The van der Waals surface area contributed by atoms with E-state index in [1.807, 2.05) is 24.3 Å². The average molecular weight is 228 g/mol. The van der Waals surface area contributed by atoms with Gasteiger partial charge in [-0.2, -0.15) is 0 Å². The summed E-state index contributed by atoms with van der Waals surface area (Å²) in [4.78, 5) is 17.8. The molecule has 0 radical (unpaired) electrons. The number of nitrogens with zero attached hydrogens (tertiary/aromatic N) is 1. The molecule has 0 aliphatic heterocycles. The van der Waals surface area contributed by atoms with Crippen molar-refractivity contribution in [3.63, 3.8) is 0 Å². The molecule has 1 aliphatic rings. The zero-order chi connectivity index (χ0) is 11.7. The molecule has 3 rings (SSSR count). The Morgan fingerprint density at radius 3 is 2.94 bits per heavy atom. The molecule has 1 N–H and O–H groups in total. The summed E-state index contributed by atoms with van der Waals surface area (Å²) in [6, 6.07) is 7.69. The molecule has 0 spiro atoms. The van der Waals surface area contributed by atoms with Gasteiger partial charge in [0.2, 0.25) is 0 Å². The van der Waals surface area contributed by atoms with Gasteiger partial charge in [-0.05, 0) is 25.0 Å². The number of rotatable bonds is 3. The topological polar surface area (TPSA) is 55.0 Å². The molecule has 1 aromatic heterocycles. The van der Waals surface area contributed by atoms with Crippen LogP contribution in [0.1, 0.15) is 12.8 Å². The lowest BCUT2D eigenvalue weighted by Crippen LogP contribution is -2.05. The van der Waals surface area contributed by atoms with Gasteiger partial charge in [-0.25, -0.2) is 0 Å². The van der Waals surface area contributed by atoms with E-state index in [-0.39, 0.29) is 5.56 Å². The molecule has 1 fully saturated rings. The minimum atomic E-state index is -0.198. The van der Waals surface area contributed by atoms with Crippen molar-refractivity contribution in [2.45, 2.75) is 18.9 Å². The first-order valence-electron chi connectivity index (χ1n) is 5.63. The molecule has 1 aromatic carbocycles. The Kier molecular flexibility index (Phi) is 2.40. The van der Waals surface area contributed by atoms with Gasteiger partial charge in [-0.3, -0.25) is 9.78 Å². The zero-order valence-corrected chi connectivity index (χ0v) is 9.22. The van der Waals surface area contributed by atoms with Crippen LogP contribution >= 0.6 is 0 Å². The molecule has 0 bridgehead atoms. The van der Waals surface area contributed by atoms with E-state index in [2.05, 4.69) is 9.97 Å². The zero-order valence-electron chi connectivity index (χ0n) is 9.22. The summed E-state index contributed by atoms with van der Waals surface area (Å²) in [6.07, 6.45) is 5.53. The standard InChI is InChI=1S/C13H12N2O2/c16-13-8-14-7-12(15-13)9-2-1-3-11(6-9)17-10-4-5-10/h1-3,6-8,10H,4-5H2,(H,15,16). The minimum absolute atomic E-state index is 0.198. The van der Waals surface area contributed by atoms with Gasteiger partial charge in [0.1, 0.15) is 5.75 Å². The smallest absolute Gasteiger partial charge is 0.266 e. The maximum Gasteiger partial charge on any atom is 0.266 e. The summed E-state index contributed by atoms with van der Waals surface area (Å²) in [7, 11) is 0. The highest BCUT2D eigenvalue weighted by Crippen LogP contribution is 2.28. The summed E-state index contributed by atoms with van der Waals surface area (Å²) in [5, 5.41) is 0. The van der Waals surface area contributed by atoms with Crippen LogP contribution in [0.5, 0.6) is 5.75 Å². The SMILES string of the molecule is O=c1cncc(-c2cccc(OC3CC3)c2)[nH]1. The second kappa shape index (κ2) is 4.05. The number of ether oxygens (including phenoxy) is 1. The molecular weight excluding hydrogens is 216 g/mol. The van der Waals surface area contributed by atoms with Crippen molar-refractivity contribution < 1.29 is 4.74 Å². The molecule has 4 heteroatoms. The second-order valence-electron chi connectivity index (χ2n) is 4.16. The lowest BCUT2D eigenvalue weighted by atomic mass is 10.1. The summed E-state index contributed by atoms with van der Waals surface area (Å²) in [5.41, 5.74) is 1.42. The Labute approximate surface area is 98.3 Å². The van der Waals surface area contributed by atoms with E-state index in [0.29, 0.717) is 11.8 Å². The highest BCUT2D eigenvalue weighted by Gasteiger charge is 2.23. The molecule has 1 heterocycles. The van der Waals surface area contributed by atoms with E-state index >= 15 is 0 Å². The van der Waals surface area contributed by atoms with Gasteiger partial charge in [0.15, 0.2) is 0 Å². The van der Waals surface area contributed by atoms with Crippen LogP contribution in [0.15, 0.2) is 41.5 Å². The maximum atomic E-state index is 11.2. The normalized spacial score (nSPS) is 14.6. The molecule has 1 saturated carbocycles. The molecule has 0 saturated heterocycles. The van der Waals surface area contributed by atoms with Crippen molar-refractivity contribution in [3.8, 4) is 17.0 Å². The van der Waals surface area contributed by atoms with Crippen molar-refractivity contribution in [2.75, 3.05) is 0 Å². The van der Waals surface area contributed by atoms with Gasteiger partial charge in [-0.1, -0.05) is 12.1 Å². The minimum Gasteiger partial charge on any atom is -0.490 e. The van der Waals surface area contributed by atoms with Crippen molar-refractivity contribution in [1.82, 2.24) is 9.97 Å². The van der Waals surface area contributed by atoms with Gasteiger partial charge in [-0.15, -0.1) is 0 Å². The second-order valence-corrected chi connectivity index (χ2v) is 4.16. The first-order valence-corrected chi connectivity index (χ1v) is 5.63. The molecule has 0 unspecified atom stereocenters. The average Bonchev–Trinajstić information content (AvgIpc) is 3.13. The molecule has 0 amide bonds. The van der Waals surface area contributed by atoms with Gasteiger partial charge in [0, 0.05) is 5.56 Å². The van der Waals surface area contributed by atoms with E-state index in [9.17, 15) is 4.79 Å². The van der Waals surface area contributed by atoms with Crippen molar-refractivity contribution >= 4 is 0 Å². The van der Waals surface area contributed by atoms with Crippen LogP contribution in [0.4, 0.5) is 0 Å². The first kappa shape index (κ1) is 10.1. The monoisotopic (exact) mass is 228 g/mol. The van der Waals surface area contributed by atoms with Crippen LogP contribution in [0.25, 0.3) is 11.3 Å². The van der Waals surface area contributed by atoms with Crippen LogP contribution < -0.4 is 10.3 Å². The van der Waals surface area contributed by atoms with Crippen LogP contribution in [0.2, 0.25) is 0 Å². The van der Waals surface area contributed by atoms with E-state index in [0.717, 1.165) is 24.2 Å². The van der Waals surface area contributed by atoms with E-state index in [4.69, 9.17) is 4.74 Å². The number of nitrogens with one attached hydrogen (secondary N) is 1. The summed E-state index contributed by atoms with van der Waals surface area (Å²) in [5.74, 6) is 0.842. The lowest BCUT2D eigenvalue weighted by Gasteiger charge is -2.06. The van der Waals surface area contributed by atoms with Crippen LogP contribution in [0.3, 0.4) is 0 Å². The number of aromatic amines is 1. The van der Waals surface area contributed by atoms with Gasteiger partial charge < -0.3 is 9.72 Å². The first-order chi connectivity index (χ1) is 8.31. The quantitative estimate of drug-likeness (QED) is 0.873. The predicted molar refractivity (Wildman–Crippen MR) is 63.9 cm³/mol. The fourth-order valence-electron chi connectivity index (χ4n) is 1.64. The Hall–Kier alpha value is -2.10. The van der Waals surface area contributed by atoms with Crippen molar-refractivity contribution in [3.05, 3.63) is 47.0 Å². The van der Waals surface area contributed by atoms with Gasteiger partial charge in [0.25, 0.3) is 5.56 Å². The van der Waals surface area contributed by atoms with Crippen molar-refractivity contribution in [2.24, 2.45) is 0 Å². The predicted octanol–water partition coefficient (Wildman–Crippen LogP) is 1.98. The molecule has 17 heavy (non-hydrogen) atoms. The fourth-order valence-corrected chi connectivity index (χ4v) is 1.64. The van der Waals surface area contributed by atoms with E-state index in [1.165, 1.54) is 6.20 Å². The number of hydrogen-bond acceptors (Lipinski definition) is 3. The largest absolute Gasteiger partial charge is 0.490 e. The summed E-state index contributed by atoms with van der Waals surface area (Å²) in [6.45, 7) is 0. The Morgan fingerprint density at radius 1 is 1.29 bits per heavy atom. The highest BCUT2D eigenvalue weighted by molar-refractivity contribution is 5.59. The molecule has 86 valence electrons. The molecule has 2 aromatic rings. The molecular formula is C13H12N2O2. The van der Waals surface area contributed by atoms with Crippen LogP contribution in [0, 0.1) is 0 Å². The van der Waals surface area contributed by atoms with Gasteiger partial charge >= 0.3 is 0 Å². The Morgan fingerprint density at radius 2 is 2.18 bits per heavy atom. The molecule has 4 nitrogen and oxygen atoms in total. The number of benzene rings is 1. The van der Waals surface area contributed by atoms with E-state index < -0.39 is 0 Å². The third-order valence-corrected chi connectivity index (χ3v) is 2.63. The molecule has 0 atom stereocenters. The number of hydrogen-bond donors (Lipinski definition) is 1. The van der Waals surface area contributed by atoms with Crippen LogP contribution in [-0.2, 0) is 0 Å². The third kappa shape index (κ3) is 2.36. The third-order valence-electron chi connectivity index (χ3n) is 2.63. The molecule has 1 aliphatic carbocycles. The lowest BCUT2D eigenvalue weighted by molar-refractivity contribution is 0.303. The van der Waals surface area contributed by atoms with Crippen LogP contribution in [-0.4, -0.2) is 16.1 Å². The highest BCUT2D eigenvalue weighted by atomic mass is 16.5.